The molecule has 1 N–H and O–H groups in total. The summed E-state index contributed by atoms with van der Waals surface area (Å²) >= 11 is 1.86. The summed E-state index contributed by atoms with van der Waals surface area (Å²) in [4.78, 5) is 12.7. The number of carbonyl (C=O) groups excluding carboxylic acids is 1. The van der Waals surface area contributed by atoms with Crippen molar-refractivity contribution in [1.29, 1.82) is 0 Å². The molecule has 0 aromatic heterocycles. The number of nitrogens with one attached hydrogen (secondary N) is 1. The molecule has 0 saturated heterocycles. The third kappa shape index (κ3) is 6.15. The number of benzene rings is 2. The number of halogens is 1. The molecule has 1 amide bonds. The van der Waals surface area contributed by atoms with Crippen molar-refractivity contribution in [1.82, 2.24) is 5.32 Å². The molecule has 0 atom stereocenters. The Bertz CT molecular complexity index is 1090. The Hall–Kier alpha value is -2.46. The van der Waals surface area contributed by atoms with Crippen molar-refractivity contribution in [3.63, 3.8) is 0 Å². The first-order valence-corrected chi connectivity index (χ1v) is 14.0. The molecule has 0 bridgehead atoms. The van der Waals surface area contributed by atoms with E-state index in [0.717, 1.165) is 10.1 Å². The van der Waals surface area contributed by atoms with Gasteiger partial charge in [-0.2, -0.15) is 11.8 Å². The van der Waals surface area contributed by atoms with Crippen LogP contribution in [0.4, 0.5) is 10.1 Å². The maximum Gasteiger partial charge on any atom is 0.264 e. The number of amides is 1. The second-order valence-electron chi connectivity index (χ2n) is 8.27. The molecule has 1 saturated carbocycles. The van der Waals surface area contributed by atoms with Gasteiger partial charge in [-0.15, -0.1) is 0 Å². The maximum absolute atomic E-state index is 13.5. The molecule has 184 valence electrons. The Morgan fingerprint density at radius 1 is 1.03 bits per heavy atom. The van der Waals surface area contributed by atoms with Gasteiger partial charge in [-0.1, -0.05) is 19.3 Å². The van der Waals surface area contributed by atoms with E-state index in [0.29, 0.717) is 36.5 Å². The second-order valence-corrected chi connectivity index (χ2v) is 11.5. The number of ether oxygens (including phenoxy) is 2. The van der Waals surface area contributed by atoms with Gasteiger partial charge in [0.25, 0.3) is 10.0 Å². The molecule has 2 aromatic carbocycles. The van der Waals surface area contributed by atoms with Gasteiger partial charge < -0.3 is 14.8 Å². The number of hydrogen-bond donors (Lipinski definition) is 1. The van der Waals surface area contributed by atoms with Crippen molar-refractivity contribution in [2.24, 2.45) is 0 Å². The summed E-state index contributed by atoms with van der Waals surface area (Å²) in [5.41, 5.74) is 0.197. The summed E-state index contributed by atoms with van der Waals surface area (Å²) in [5.74, 6) is 0.656. The first kappa shape index (κ1) is 24.7. The van der Waals surface area contributed by atoms with Crippen LogP contribution in [0, 0.1) is 5.82 Å². The topological polar surface area (TPSA) is 84.9 Å². The van der Waals surface area contributed by atoms with Gasteiger partial charge in [0.05, 0.1) is 10.6 Å². The minimum Gasteiger partial charge on any atom is -0.486 e. The number of thioether (sulfide) groups is 1. The number of hydrogen-bond acceptors (Lipinski definition) is 6. The molecule has 10 heteroatoms. The molecule has 1 heterocycles. The average molecular weight is 509 g/mol. The van der Waals surface area contributed by atoms with Crippen LogP contribution in [0.5, 0.6) is 11.5 Å². The highest BCUT2D eigenvalue weighted by Crippen LogP contribution is 2.34. The van der Waals surface area contributed by atoms with E-state index in [-0.39, 0.29) is 10.6 Å². The van der Waals surface area contributed by atoms with Crippen LogP contribution in [0.15, 0.2) is 47.4 Å². The van der Waals surface area contributed by atoms with E-state index < -0.39 is 28.3 Å². The van der Waals surface area contributed by atoms with Crippen LogP contribution in [0.2, 0.25) is 0 Å². The van der Waals surface area contributed by atoms with Crippen molar-refractivity contribution in [2.75, 3.05) is 36.4 Å². The van der Waals surface area contributed by atoms with E-state index in [9.17, 15) is 17.6 Å². The van der Waals surface area contributed by atoms with Crippen molar-refractivity contribution in [2.45, 2.75) is 42.2 Å². The Morgan fingerprint density at radius 3 is 2.47 bits per heavy atom. The number of fused-ring (bicyclic) bond motifs is 1. The van der Waals surface area contributed by atoms with E-state index >= 15 is 0 Å². The molecule has 0 unspecified atom stereocenters. The average Bonchev–Trinajstić information content (AvgIpc) is 2.86. The first-order valence-electron chi connectivity index (χ1n) is 11.5. The van der Waals surface area contributed by atoms with E-state index in [1.807, 2.05) is 11.8 Å². The standard InChI is InChI=1S/C24H29FN2O5S2/c25-18-6-8-19(9-7-18)27(17-24(28)26-12-15-33-20-4-2-1-3-5-20)34(29,30)21-10-11-22-23(16-21)32-14-13-31-22/h6-11,16,20H,1-5,12-15,17H2,(H,26,28). The smallest absolute Gasteiger partial charge is 0.264 e. The molecule has 2 aromatic rings. The quantitative estimate of drug-likeness (QED) is 0.516. The lowest BCUT2D eigenvalue weighted by atomic mass is 10.0. The van der Waals surface area contributed by atoms with Crippen LogP contribution in [-0.2, 0) is 14.8 Å². The fraction of sp³-hybridized carbons (Fsp3) is 0.458. The summed E-state index contributed by atoms with van der Waals surface area (Å²) in [6.45, 7) is 0.747. The van der Waals surface area contributed by atoms with Crippen molar-refractivity contribution in [3.8, 4) is 11.5 Å². The number of carbonyl (C=O) groups is 1. The van der Waals surface area contributed by atoms with Crippen molar-refractivity contribution < 1.29 is 27.1 Å². The first-order chi connectivity index (χ1) is 16.4. The molecule has 0 radical (unpaired) electrons. The Kier molecular flexibility index (Phi) is 8.20. The van der Waals surface area contributed by atoms with E-state index in [1.54, 1.807) is 0 Å². The second kappa shape index (κ2) is 11.3. The number of nitrogens with zero attached hydrogens (tertiary/aromatic N) is 1. The number of sulfonamides is 1. The van der Waals surface area contributed by atoms with Gasteiger partial charge in [-0.25, -0.2) is 12.8 Å². The maximum atomic E-state index is 13.5. The zero-order chi connectivity index (χ0) is 24.0. The van der Waals surface area contributed by atoms with Crippen LogP contribution in [0.3, 0.4) is 0 Å². The van der Waals surface area contributed by atoms with Gasteiger partial charge in [0.2, 0.25) is 5.91 Å². The van der Waals surface area contributed by atoms with Crippen LogP contribution < -0.4 is 19.1 Å². The molecule has 0 spiro atoms. The molecular weight excluding hydrogens is 479 g/mol. The summed E-state index contributed by atoms with van der Waals surface area (Å²) in [5, 5.41) is 3.46. The summed E-state index contributed by atoms with van der Waals surface area (Å²) in [7, 11) is -4.13. The van der Waals surface area contributed by atoms with Gasteiger partial charge >= 0.3 is 0 Å². The van der Waals surface area contributed by atoms with Crippen LogP contribution in [0.25, 0.3) is 0 Å². The van der Waals surface area contributed by atoms with Crippen molar-refractivity contribution >= 4 is 33.4 Å². The zero-order valence-electron chi connectivity index (χ0n) is 18.9. The molecule has 7 nitrogen and oxygen atoms in total. The lowest BCUT2D eigenvalue weighted by Gasteiger charge is -2.25. The monoisotopic (exact) mass is 508 g/mol. The van der Waals surface area contributed by atoms with E-state index in [1.165, 1.54) is 74.6 Å². The number of rotatable bonds is 9. The predicted octanol–water partition coefficient (Wildman–Crippen LogP) is 3.97. The minimum atomic E-state index is -4.13. The summed E-state index contributed by atoms with van der Waals surface area (Å²) in [6, 6.07) is 9.36. The third-order valence-corrected chi connectivity index (χ3v) is 8.99. The van der Waals surface area contributed by atoms with Crippen molar-refractivity contribution in [3.05, 3.63) is 48.3 Å². The Balaban J connectivity index is 1.46. The lowest BCUT2D eigenvalue weighted by molar-refractivity contribution is -0.119. The van der Waals surface area contributed by atoms with Gasteiger partial charge in [0.1, 0.15) is 25.6 Å². The van der Waals surface area contributed by atoms with Crippen LogP contribution >= 0.6 is 11.8 Å². The van der Waals surface area contributed by atoms with Crippen LogP contribution in [-0.4, -0.2) is 51.6 Å². The molecule has 4 rings (SSSR count). The van der Waals surface area contributed by atoms with E-state index in [4.69, 9.17) is 9.47 Å². The molecule has 34 heavy (non-hydrogen) atoms. The van der Waals surface area contributed by atoms with Crippen LogP contribution in [0.1, 0.15) is 32.1 Å². The SMILES string of the molecule is O=C(CN(c1ccc(F)cc1)S(=O)(=O)c1ccc2c(c1)OCCO2)NCCSC1CCCCC1. The minimum absolute atomic E-state index is 0.0401. The molecule has 1 aliphatic carbocycles. The summed E-state index contributed by atoms with van der Waals surface area (Å²) in [6.07, 6.45) is 6.24. The largest absolute Gasteiger partial charge is 0.486 e. The molecule has 1 fully saturated rings. The van der Waals surface area contributed by atoms with Gasteiger partial charge in [-0.3, -0.25) is 9.10 Å². The number of anilines is 1. The highest BCUT2D eigenvalue weighted by Gasteiger charge is 2.29. The molecule has 2 aliphatic rings. The summed E-state index contributed by atoms with van der Waals surface area (Å²) < 4.78 is 52.5. The lowest BCUT2D eigenvalue weighted by Crippen LogP contribution is -2.41. The fourth-order valence-electron chi connectivity index (χ4n) is 4.07. The fourth-order valence-corrected chi connectivity index (χ4v) is 6.72. The normalized spacial score (nSPS) is 16.1. The third-order valence-electron chi connectivity index (χ3n) is 5.83. The Labute approximate surface area is 204 Å². The Morgan fingerprint density at radius 2 is 1.74 bits per heavy atom. The van der Waals surface area contributed by atoms with E-state index in [2.05, 4.69) is 5.32 Å². The zero-order valence-corrected chi connectivity index (χ0v) is 20.5. The highest BCUT2D eigenvalue weighted by atomic mass is 32.2. The van der Waals surface area contributed by atoms with Gasteiger partial charge in [0.15, 0.2) is 11.5 Å². The highest BCUT2D eigenvalue weighted by molar-refractivity contribution is 7.99. The van der Waals surface area contributed by atoms with Gasteiger partial charge in [0, 0.05) is 23.6 Å². The molecule has 1 aliphatic heterocycles. The van der Waals surface area contributed by atoms with Gasteiger partial charge in [-0.05, 0) is 49.2 Å². The predicted molar refractivity (Wildman–Crippen MR) is 131 cm³/mol. The molecular formula is C24H29FN2O5S2.